The van der Waals surface area contributed by atoms with Gasteiger partial charge in [-0.2, -0.15) is 25.3 Å². The molecule has 2 aromatic heterocycles. The van der Waals surface area contributed by atoms with E-state index in [0.29, 0.717) is 50.4 Å². The largest absolute Gasteiger partial charge is 0.492 e. The fourth-order valence-corrected chi connectivity index (χ4v) is 10.5. The highest BCUT2D eigenvalue weighted by Gasteiger charge is 2.45. The Bertz CT molecular complexity index is 3400. The monoisotopic (exact) mass is 1010 g/mol. The molecule has 23 heteroatoms. The van der Waals surface area contributed by atoms with Crippen LogP contribution < -0.4 is 14.3 Å². The number of nitrogens with zero attached hydrogens (tertiary/aromatic N) is 5. The normalized spacial score (nSPS) is 17.5. The van der Waals surface area contributed by atoms with E-state index in [2.05, 4.69) is 0 Å². The van der Waals surface area contributed by atoms with Crippen molar-refractivity contribution in [3.63, 3.8) is 0 Å². The minimum Gasteiger partial charge on any atom is -0.492 e. The van der Waals surface area contributed by atoms with Crippen LogP contribution in [0.2, 0.25) is 0 Å². The average Bonchev–Trinajstić information content (AvgIpc) is 3.81. The van der Waals surface area contributed by atoms with Crippen molar-refractivity contribution >= 4 is 70.2 Å². The zero-order chi connectivity index (χ0) is 50.6. The van der Waals surface area contributed by atoms with Gasteiger partial charge in [-0.15, -0.1) is 4.73 Å². The van der Waals surface area contributed by atoms with Gasteiger partial charge in [-0.1, -0.05) is 36.4 Å². The van der Waals surface area contributed by atoms with E-state index in [4.69, 9.17) is 14.7 Å². The molecule has 0 saturated heterocycles. The Kier molecular flexibility index (Phi) is 13.3. The maximum atomic E-state index is 13.2. The van der Waals surface area contributed by atoms with Gasteiger partial charge in [0.2, 0.25) is 11.8 Å². The predicted molar refractivity (Wildman–Crippen MR) is 251 cm³/mol. The number of anilines is 1. The molecule has 2 aliphatic heterocycles. The van der Waals surface area contributed by atoms with Crippen LogP contribution in [0.1, 0.15) is 64.6 Å². The van der Waals surface area contributed by atoms with Crippen LogP contribution in [0.3, 0.4) is 0 Å². The molecule has 1 amide bonds. The summed E-state index contributed by atoms with van der Waals surface area (Å²) < 4.78 is 106. The van der Waals surface area contributed by atoms with Gasteiger partial charge in [0.05, 0.1) is 46.4 Å². The van der Waals surface area contributed by atoms with Gasteiger partial charge in [0.15, 0.2) is 5.71 Å². The van der Waals surface area contributed by atoms with Crippen molar-refractivity contribution in [2.75, 3.05) is 31.9 Å². The number of allylic oxidation sites excluding steroid dienone is 6. The molecular formula is C46H48N5O15S3+. The van der Waals surface area contributed by atoms with Crippen LogP contribution >= 0.6 is 0 Å². The van der Waals surface area contributed by atoms with Crippen molar-refractivity contribution in [2.45, 2.75) is 60.8 Å². The van der Waals surface area contributed by atoms with Crippen LogP contribution in [0.4, 0.5) is 11.5 Å². The first-order chi connectivity index (χ1) is 32.1. The molecule has 4 heterocycles. The summed E-state index contributed by atoms with van der Waals surface area (Å²) in [7, 11) is -9.72. The van der Waals surface area contributed by atoms with Crippen molar-refractivity contribution in [3.05, 3.63) is 137 Å². The van der Waals surface area contributed by atoms with E-state index >= 15 is 0 Å². The van der Waals surface area contributed by atoms with Gasteiger partial charge in [0.1, 0.15) is 11.1 Å². The third-order valence-corrected chi connectivity index (χ3v) is 14.7. The number of aromatic hydroxyl groups is 2. The zero-order valence-electron chi connectivity index (χ0n) is 37.9. The van der Waals surface area contributed by atoms with Crippen molar-refractivity contribution < 1.29 is 73.0 Å². The van der Waals surface area contributed by atoms with E-state index in [1.54, 1.807) is 72.5 Å². The first kappa shape index (κ1) is 50.2. The van der Waals surface area contributed by atoms with E-state index < -0.39 is 80.4 Å². The van der Waals surface area contributed by atoms with Gasteiger partial charge in [-0.25, -0.2) is 14.4 Å². The predicted octanol–water partition coefficient (Wildman–Crippen LogP) is 5.02. The maximum absolute atomic E-state index is 13.2. The van der Waals surface area contributed by atoms with Crippen LogP contribution in [0.25, 0.3) is 10.8 Å². The summed E-state index contributed by atoms with van der Waals surface area (Å²) in [6, 6.07) is 15.1. The molecule has 0 bridgehead atoms. The Hall–Kier alpha value is -6.73. The quantitative estimate of drug-likeness (QED) is 0.0398. The molecule has 0 aliphatic carbocycles. The van der Waals surface area contributed by atoms with Crippen LogP contribution in [0.15, 0.2) is 124 Å². The summed E-state index contributed by atoms with van der Waals surface area (Å²) in [6.07, 6.45) is 10.5. The number of aryl methyl sites for hydroxylation is 1. The van der Waals surface area contributed by atoms with Gasteiger partial charge in [0.25, 0.3) is 36.3 Å². The van der Waals surface area contributed by atoms with Gasteiger partial charge >= 0.3 is 11.8 Å². The molecule has 0 spiro atoms. The number of hydrogen-bond donors (Lipinski definition) is 5. The zero-order valence-corrected chi connectivity index (χ0v) is 40.4. The first-order valence-electron chi connectivity index (χ1n) is 20.9. The third kappa shape index (κ3) is 9.92. The number of amides is 1. The van der Waals surface area contributed by atoms with Gasteiger partial charge in [-0.05, 0) is 97.2 Å². The summed E-state index contributed by atoms with van der Waals surface area (Å²) in [5, 5.41) is 21.0. The van der Waals surface area contributed by atoms with Gasteiger partial charge in [-0.3, -0.25) is 23.3 Å². The standard InChI is InChI=1S/C46H47N5O15S3/c1-45(2)34-23-30(43(54)49(5)65-6)27-50(21-10-22-67(56,57)58)42(34)47-37(45)11-8-7-9-12-38-46(3,26-28-13-15-29(16-14-28)44(55)66-51-39(52)19-20-40(51)53)41-33-24-31(68(59,60)61)25-36(69(62,63)64)32(33)17-18-35(41)48(38)4/h7-9,11-20,23-25,27H,10,21-22,26H2,1-6H3,(H4-,52,53,56,57,58,59,60,61,62,63,64)/p+1. The topological polar surface area (TPSA) is 284 Å². The minimum absolute atomic E-state index is 0.0134. The molecule has 69 heavy (non-hydrogen) atoms. The average molecular weight is 1010 g/mol. The Morgan fingerprint density at radius 1 is 0.841 bits per heavy atom. The van der Waals surface area contributed by atoms with Gasteiger partial charge in [0, 0.05) is 54.8 Å². The molecule has 20 nitrogen and oxygen atoms in total. The second-order valence-electron chi connectivity index (χ2n) is 17.1. The molecule has 0 saturated carbocycles. The number of hydrogen-bond acceptors (Lipinski definition) is 14. The fourth-order valence-electron chi connectivity index (χ4n) is 8.68. The van der Waals surface area contributed by atoms with Crippen LogP contribution in [-0.4, -0.2) is 103 Å². The van der Waals surface area contributed by atoms with E-state index in [-0.39, 0.29) is 41.3 Å². The molecule has 0 fully saturated rings. The number of aliphatic imine (C=N–C) groups is 1. The molecule has 0 radical (unpaired) electrons. The highest BCUT2D eigenvalue weighted by molar-refractivity contribution is 7.87. The molecule has 5 N–H and O–H groups in total. The Morgan fingerprint density at radius 2 is 1.51 bits per heavy atom. The maximum Gasteiger partial charge on any atom is 0.363 e. The number of hydroxylamine groups is 2. The molecule has 3 aromatic carbocycles. The fraction of sp³-hybridized carbons (Fsp3) is 0.261. The third-order valence-electron chi connectivity index (χ3n) is 12.2. The van der Waals surface area contributed by atoms with Crippen molar-refractivity contribution in [2.24, 2.45) is 4.99 Å². The van der Waals surface area contributed by atoms with E-state index in [1.165, 1.54) is 32.4 Å². The molecule has 1 atom stereocenters. The number of rotatable bonds is 15. The summed E-state index contributed by atoms with van der Waals surface area (Å²) in [5.74, 6) is -2.39. The number of carbonyl (C=O) groups excluding carboxylic acids is 2. The number of likely N-dealkylation sites (N-methyl/N-ethyl adjacent to an activating group) is 1. The van der Waals surface area contributed by atoms with Crippen molar-refractivity contribution in [1.29, 1.82) is 0 Å². The van der Waals surface area contributed by atoms with Crippen molar-refractivity contribution in [1.82, 2.24) is 9.79 Å². The number of pyridine rings is 1. The van der Waals surface area contributed by atoms with Crippen LogP contribution in [-0.2, 0) is 59.0 Å². The minimum atomic E-state index is -5.03. The first-order valence-corrected chi connectivity index (χ1v) is 25.4. The molecule has 5 aromatic rings. The highest BCUT2D eigenvalue weighted by atomic mass is 32.2. The number of fused-ring (bicyclic) bond motifs is 4. The second-order valence-corrected chi connectivity index (χ2v) is 21.5. The second kappa shape index (κ2) is 18.3. The summed E-state index contributed by atoms with van der Waals surface area (Å²) >= 11 is 0. The molecule has 7 rings (SSSR count). The van der Waals surface area contributed by atoms with E-state index in [1.807, 2.05) is 25.7 Å². The SMILES string of the molecule is CON(C)C(=O)c1cc2c([n+](CCCS(=O)(=O)O)c1)N=C(C=CC=CC=C1N(C)c3ccc4c(S(=O)(=O)O)cc(S(=O)(=O)O)cc4c3C1(C)Cc1ccc(C(=O)On3c(O)ccc3O)cc1)C2(C)C. The van der Waals surface area contributed by atoms with Crippen LogP contribution in [0, 0.1) is 0 Å². The number of aromatic nitrogens is 2. The Morgan fingerprint density at radius 3 is 2.12 bits per heavy atom. The summed E-state index contributed by atoms with van der Waals surface area (Å²) in [6.45, 7) is 5.79. The smallest absolute Gasteiger partial charge is 0.363 e. The lowest BCUT2D eigenvalue weighted by molar-refractivity contribution is -0.684. The highest BCUT2D eigenvalue weighted by Crippen LogP contribution is 2.53. The lowest BCUT2D eigenvalue weighted by atomic mass is 9.74. The lowest BCUT2D eigenvalue weighted by Crippen LogP contribution is -2.38. The van der Waals surface area contributed by atoms with Crippen LogP contribution in [0.5, 0.6) is 11.8 Å². The Balaban J connectivity index is 1.28. The molecule has 2 aliphatic rings. The van der Waals surface area contributed by atoms with E-state index in [0.717, 1.165) is 23.3 Å². The summed E-state index contributed by atoms with van der Waals surface area (Å²) in [5.41, 5.74) is 2.01. The number of benzene rings is 3. The Labute approximate surface area is 397 Å². The molecular weight excluding hydrogens is 959 g/mol. The molecule has 364 valence electrons. The summed E-state index contributed by atoms with van der Waals surface area (Å²) in [4.78, 5) is 41.6. The van der Waals surface area contributed by atoms with Crippen molar-refractivity contribution in [3.8, 4) is 11.8 Å². The number of carbonyl (C=O) groups is 2. The van der Waals surface area contributed by atoms with E-state index in [9.17, 15) is 58.7 Å². The molecule has 1 unspecified atom stereocenters. The lowest BCUT2D eigenvalue weighted by Gasteiger charge is -2.30. The van der Waals surface area contributed by atoms with Gasteiger partial charge < -0.3 is 20.0 Å².